The van der Waals surface area contributed by atoms with Crippen LogP contribution in [0.15, 0.2) is 48.5 Å². The Morgan fingerprint density at radius 3 is 2.23 bits per heavy atom. The molecule has 2 aromatic rings. The van der Waals surface area contributed by atoms with Crippen LogP contribution in [0.3, 0.4) is 0 Å². The van der Waals surface area contributed by atoms with Gasteiger partial charge in [0.05, 0.1) is 0 Å². The standard InChI is InChI=1S/C19H22N4O3/c1-12(24)23-16-9-7-14(8-10-16)17(26-2)19(25)22-11-13-3-5-15(6-4-13)18(20)21/h3-10,17H,11H2,1-2H3,(H3,20,21)(H,22,25)(H,23,24)/t17-/m0/s1. The molecule has 0 bridgehead atoms. The lowest BCUT2D eigenvalue weighted by molar-refractivity contribution is -0.131. The van der Waals surface area contributed by atoms with Gasteiger partial charge in [0.25, 0.3) is 5.91 Å². The fourth-order valence-corrected chi connectivity index (χ4v) is 2.42. The molecule has 1 atom stereocenters. The van der Waals surface area contributed by atoms with E-state index in [1.807, 2.05) is 0 Å². The van der Waals surface area contributed by atoms with Gasteiger partial charge >= 0.3 is 0 Å². The van der Waals surface area contributed by atoms with E-state index in [1.54, 1.807) is 48.5 Å². The van der Waals surface area contributed by atoms with E-state index >= 15 is 0 Å². The first kappa shape index (κ1) is 19.1. The third-order valence-corrected chi connectivity index (χ3v) is 3.74. The molecular weight excluding hydrogens is 332 g/mol. The molecule has 0 saturated carbocycles. The third-order valence-electron chi connectivity index (χ3n) is 3.74. The van der Waals surface area contributed by atoms with Crippen LogP contribution in [0.5, 0.6) is 0 Å². The van der Waals surface area contributed by atoms with Crippen LogP contribution >= 0.6 is 0 Å². The molecule has 0 heterocycles. The second-order valence-electron chi connectivity index (χ2n) is 5.75. The maximum atomic E-state index is 12.4. The number of carbonyl (C=O) groups excluding carboxylic acids is 2. The van der Waals surface area contributed by atoms with Crippen molar-refractivity contribution in [2.75, 3.05) is 12.4 Å². The van der Waals surface area contributed by atoms with Crippen LogP contribution in [0, 0.1) is 5.41 Å². The van der Waals surface area contributed by atoms with Gasteiger partial charge in [-0.05, 0) is 23.3 Å². The Morgan fingerprint density at radius 1 is 1.12 bits per heavy atom. The third kappa shape index (κ3) is 5.15. The molecule has 2 aromatic carbocycles. The number of hydrogen-bond acceptors (Lipinski definition) is 4. The van der Waals surface area contributed by atoms with Crippen molar-refractivity contribution in [3.05, 3.63) is 65.2 Å². The minimum absolute atomic E-state index is 0.00254. The zero-order valence-corrected chi connectivity index (χ0v) is 14.7. The first-order valence-corrected chi connectivity index (χ1v) is 8.02. The Morgan fingerprint density at radius 2 is 1.73 bits per heavy atom. The number of amidine groups is 1. The summed E-state index contributed by atoms with van der Waals surface area (Å²) < 4.78 is 5.31. The highest BCUT2D eigenvalue weighted by Crippen LogP contribution is 2.19. The molecule has 0 saturated heterocycles. The van der Waals surface area contributed by atoms with Crippen LogP contribution < -0.4 is 16.4 Å². The predicted octanol–water partition coefficient (Wildman–Crippen LogP) is 1.93. The van der Waals surface area contributed by atoms with Crippen LogP contribution in [-0.4, -0.2) is 24.8 Å². The Hall–Kier alpha value is -3.19. The molecule has 0 aliphatic carbocycles. The van der Waals surface area contributed by atoms with Gasteiger partial charge in [-0.15, -0.1) is 0 Å². The summed E-state index contributed by atoms with van der Waals surface area (Å²) in [6.45, 7) is 1.77. The van der Waals surface area contributed by atoms with E-state index in [4.69, 9.17) is 15.9 Å². The smallest absolute Gasteiger partial charge is 0.254 e. The molecule has 26 heavy (non-hydrogen) atoms. The second kappa shape index (κ2) is 8.77. The summed E-state index contributed by atoms with van der Waals surface area (Å²) in [5.74, 6) is -0.423. The summed E-state index contributed by atoms with van der Waals surface area (Å²) in [6.07, 6.45) is -0.752. The molecule has 136 valence electrons. The lowest BCUT2D eigenvalue weighted by atomic mass is 10.1. The van der Waals surface area contributed by atoms with Gasteiger partial charge in [-0.1, -0.05) is 36.4 Å². The number of nitrogen functional groups attached to an aromatic ring is 1. The maximum absolute atomic E-state index is 12.4. The minimum atomic E-state index is -0.752. The van der Waals surface area contributed by atoms with Gasteiger partial charge in [0.2, 0.25) is 5.91 Å². The molecular formula is C19H22N4O3. The van der Waals surface area contributed by atoms with Crippen molar-refractivity contribution in [3.63, 3.8) is 0 Å². The van der Waals surface area contributed by atoms with Crippen molar-refractivity contribution < 1.29 is 14.3 Å². The Labute approximate surface area is 152 Å². The lowest BCUT2D eigenvalue weighted by Crippen LogP contribution is -2.30. The highest BCUT2D eigenvalue weighted by Gasteiger charge is 2.19. The number of anilines is 1. The molecule has 2 amide bonds. The van der Waals surface area contributed by atoms with Gasteiger partial charge in [-0.3, -0.25) is 15.0 Å². The average Bonchev–Trinajstić information content (AvgIpc) is 2.62. The predicted molar refractivity (Wildman–Crippen MR) is 99.8 cm³/mol. The van der Waals surface area contributed by atoms with Crippen molar-refractivity contribution in [2.24, 2.45) is 5.73 Å². The number of hydrogen-bond donors (Lipinski definition) is 4. The van der Waals surface area contributed by atoms with E-state index in [0.29, 0.717) is 23.4 Å². The summed E-state index contributed by atoms with van der Waals surface area (Å²) in [6, 6.07) is 14.0. The number of nitrogens with two attached hydrogens (primary N) is 1. The van der Waals surface area contributed by atoms with Crippen molar-refractivity contribution >= 4 is 23.3 Å². The number of methoxy groups -OCH3 is 1. The summed E-state index contributed by atoms with van der Waals surface area (Å²) in [4.78, 5) is 23.5. The van der Waals surface area contributed by atoms with E-state index < -0.39 is 6.10 Å². The fourth-order valence-electron chi connectivity index (χ4n) is 2.42. The molecule has 0 fully saturated rings. The van der Waals surface area contributed by atoms with Crippen molar-refractivity contribution in [1.29, 1.82) is 5.41 Å². The maximum Gasteiger partial charge on any atom is 0.254 e. The molecule has 0 spiro atoms. The number of nitrogens with one attached hydrogen (secondary N) is 3. The van der Waals surface area contributed by atoms with Crippen molar-refractivity contribution in [3.8, 4) is 0 Å². The van der Waals surface area contributed by atoms with Crippen molar-refractivity contribution in [1.82, 2.24) is 5.32 Å². The summed E-state index contributed by atoms with van der Waals surface area (Å²) in [7, 11) is 1.47. The zero-order valence-electron chi connectivity index (χ0n) is 14.7. The highest BCUT2D eigenvalue weighted by molar-refractivity contribution is 5.94. The fraction of sp³-hybridized carbons (Fsp3) is 0.211. The molecule has 0 aliphatic heterocycles. The van der Waals surface area contributed by atoms with Gasteiger partial charge in [0.1, 0.15) is 5.84 Å². The molecule has 0 unspecified atom stereocenters. The summed E-state index contributed by atoms with van der Waals surface area (Å²) in [5, 5.41) is 12.9. The first-order chi connectivity index (χ1) is 12.4. The SMILES string of the molecule is CO[C@H](C(=O)NCc1ccc(C(=N)N)cc1)c1ccc(NC(C)=O)cc1. The Balaban J connectivity index is 1.99. The highest BCUT2D eigenvalue weighted by atomic mass is 16.5. The summed E-state index contributed by atoms with van der Waals surface area (Å²) >= 11 is 0. The van der Waals surface area contributed by atoms with E-state index in [0.717, 1.165) is 5.56 Å². The second-order valence-corrected chi connectivity index (χ2v) is 5.75. The van der Waals surface area contributed by atoms with Gasteiger partial charge in [0.15, 0.2) is 6.10 Å². The Bertz CT molecular complexity index is 785. The number of ether oxygens (including phenoxy) is 1. The number of carbonyl (C=O) groups is 2. The largest absolute Gasteiger partial charge is 0.384 e. The van der Waals surface area contributed by atoms with Crippen LogP contribution in [0.2, 0.25) is 0 Å². The molecule has 5 N–H and O–H groups in total. The monoisotopic (exact) mass is 354 g/mol. The van der Waals surface area contributed by atoms with E-state index in [2.05, 4.69) is 10.6 Å². The zero-order chi connectivity index (χ0) is 19.1. The molecule has 0 radical (unpaired) electrons. The first-order valence-electron chi connectivity index (χ1n) is 8.02. The van der Waals surface area contributed by atoms with E-state index in [9.17, 15) is 9.59 Å². The van der Waals surface area contributed by atoms with E-state index in [1.165, 1.54) is 14.0 Å². The normalized spacial score (nSPS) is 11.5. The van der Waals surface area contributed by atoms with Gasteiger partial charge < -0.3 is 21.1 Å². The number of benzene rings is 2. The topological polar surface area (TPSA) is 117 Å². The minimum Gasteiger partial charge on any atom is -0.384 e. The van der Waals surface area contributed by atoms with Crippen LogP contribution in [0.1, 0.15) is 29.7 Å². The van der Waals surface area contributed by atoms with Gasteiger partial charge in [-0.25, -0.2) is 0 Å². The van der Waals surface area contributed by atoms with E-state index in [-0.39, 0.29) is 17.6 Å². The van der Waals surface area contributed by atoms with Gasteiger partial charge in [-0.2, -0.15) is 0 Å². The molecule has 7 nitrogen and oxygen atoms in total. The quantitative estimate of drug-likeness (QED) is 0.449. The van der Waals surface area contributed by atoms with Crippen LogP contribution in [0.4, 0.5) is 5.69 Å². The summed E-state index contributed by atoms with van der Waals surface area (Å²) in [5.41, 5.74) is 8.28. The van der Waals surface area contributed by atoms with Gasteiger partial charge in [0, 0.05) is 31.8 Å². The molecule has 0 aliphatic rings. The number of amides is 2. The lowest BCUT2D eigenvalue weighted by Gasteiger charge is -2.16. The Kier molecular flexibility index (Phi) is 6.46. The molecule has 2 rings (SSSR count). The molecule has 7 heteroatoms. The number of rotatable bonds is 7. The van der Waals surface area contributed by atoms with Crippen molar-refractivity contribution in [2.45, 2.75) is 19.6 Å². The molecule has 0 aromatic heterocycles. The van der Waals surface area contributed by atoms with Crippen LogP contribution in [0.25, 0.3) is 0 Å². The average molecular weight is 354 g/mol. The van der Waals surface area contributed by atoms with Crippen LogP contribution in [-0.2, 0) is 20.9 Å².